The summed E-state index contributed by atoms with van der Waals surface area (Å²) in [6.45, 7) is 4.26. The fourth-order valence-electron chi connectivity index (χ4n) is 3.12. The van der Waals surface area contributed by atoms with Crippen LogP contribution in [-0.2, 0) is 26.0 Å². The summed E-state index contributed by atoms with van der Waals surface area (Å²) in [4.78, 5) is 31.9. The topological polar surface area (TPSA) is 119 Å². The number of nitrogens with zero attached hydrogens (tertiary/aromatic N) is 1. The first-order chi connectivity index (χ1) is 14.6. The fourth-order valence-corrected chi connectivity index (χ4v) is 4.80. The lowest BCUT2D eigenvalue weighted by molar-refractivity contribution is -0.119. The van der Waals surface area contributed by atoms with Crippen LogP contribution in [0.3, 0.4) is 0 Å². The number of hydroxylamine groups is 1. The number of nitrogens with one attached hydrogen (secondary N) is 1. The maximum Gasteiger partial charge on any atom is 0.274 e. The van der Waals surface area contributed by atoms with Gasteiger partial charge in [-0.25, -0.2) is 13.9 Å². The Morgan fingerprint density at radius 1 is 1.25 bits per heavy atom. The van der Waals surface area contributed by atoms with Crippen LogP contribution in [0.25, 0.3) is 0 Å². The molecule has 0 spiro atoms. The van der Waals surface area contributed by atoms with E-state index in [0.29, 0.717) is 11.6 Å². The van der Waals surface area contributed by atoms with Crippen LogP contribution in [-0.4, -0.2) is 38.6 Å². The second kappa shape index (κ2) is 10.6. The third-order valence-electron chi connectivity index (χ3n) is 4.66. The highest BCUT2D eigenvalue weighted by Crippen LogP contribution is 2.32. The predicted molar refractivity (Wildman–Crippen MR) is 125 cm³/mol. The van der Waals surface area contributed by atoms with Gasteiger partial charge in [-0.15, -0.1) is 12.4 Å². The number of sulfone groups is 1. The molecular formula is C21H25Cl2N3O5S. The summed E-state index contributed by atoms with van der Waals surface area (Å²) in [6.07, 6.45) is 0. The molecule has 2 aromatic rings. The van der Waals surface area contributed by atoms with Gasteiger partial charge < -0.3 is 10.6 Å². The van der Waals surface area contributed by atoms with E-state index in [1.807, 2.05) is 13.8 Å². The third kappa shape index (κ3) is 5.99. The van der Waals surface area contributed by atoms with Crippen molar-refractivity contribution < 1.29 is 22.8 Å². The van der Waals surface area contributed by atoms with Gasteiger partial charge in [0.05, 0.1) is 35.5 Å². The molecule has 1 atom stereocenters. The molecule has 0 bridgehead atoms. The molecule has 0 unspecified atom stereocenters. The standard InChI is InChI=1S/C21H24ClN3O5S.ClH/c1-13(2)11-30-24-20(26)15-5-8-19-18(9-15)25(10-14-3-6-16(22)7-4-14)21(27)17(23)12-31(19,28)29;/h3-9,13,17H,10-12,23H2,1-2H3,(H,24,26);1H/t17-;/m0./s1. The van der Waals surface area contributed by atoms with Crippen LogP contribution in [0.5, 0.6) is 0 Å². The van der Waals surface area contributed by atoms with Crippen LogP contribution in [0.1, 0.15) is 29.8 Å². The van der Waals surface area contributed by atoms with Crippen molar-refractivity contribution in [3.8, 4) is 0 Å². The number of halogens is 2. The highest BCUT2D eigenvalue weighted by atomic mass is 35.5. The van der Waals surface area contributed by atoms with Crippen molar-refractivity contribution in [3.05, 3.63) is 58.6 Å². The van der Waals surface area contributed by atoms with Gasteiger partial charge in [-0.2, -0.15) is 0 Å². The average Bonchev–Trinajstić information content (AvgIpc) is 2.77. The number of anilines is 1. The minimum absolute atomic E-state index is 0. The lowest BCUT2D eigenvalue weighted by atomic mass is 10.1. The number of nitrogens with two attached hydrogens (primary N) is 1. The van der Waals surface area contributed by atoms with Crippen LogP contribution in [0.15, 0.2) is 47.4 Å². The van der Waals surface area contributed by atoms with E-state index >= 15 is 0 Å². The summed E-state index contributed by atoms with van der Waals surface area (Å²) in [5.41, 5.74) is 9.22. The zero-order chi connectivity index (χ0) is 22.8. The van der Waals surface area contributed by atoms with Crippen LogP contribution in [0, 0.1) is 5.92 Å². The molecule has 3 rings (SSSR count). The van der Waals surface area contributed by atoms with E-state index < -0.39 is 33.4 Å². The summed E-state index contributed by atoms with van der Waals surface area (Å²) < 4.78 is 25.6. The molecule has 0 saturated carbocycles. The molecule has 2 aromatic carbocycles. The molecule has 0 saturated heterocycles. The van der Waals surface area contributed by atoms with Crippen molar-refractivity contribution in [1.82, 2.24) is 5.48 Å². The summed E-state index contributed by atoms with van der Waals surface area (Å²) in [7, 11) is -3.83. The molecule has 2 amide bonds. The lowest BCUT2D eigenvalue weighted by Crippen LogP contribution is -2.45. The first-order valence-electron chi connectivity index (χ1n) is 9.69. The van der Waals surface area contributed by atoms with Gasteiger partial charge in [-0.3, -0.25) is 14.4 Å². The molecule has 0 aromatic heterocycles. The highest BCUT2D eigenvalue weighted by Gasteiger charge is 2.36. The van der Waals surface area contributed by atoms with Gasteiger partial charge in [0.15, 0.2) is 9.84 Å². The Hall–Kier alpha value is -2.17. The van der Waals surface area contributed by atoms with Gasteiger partial charge in [-0.05, 0) is 41.8 Å². The molecule has 8 nitrogen and oxygen atoms in total. The maximum absolute atomic E-state index is 13.0. The molecule has 174 valence electrons. The Labute approximate surface area is 198 Å². The minimum Gasteiger partial charge on any atom is -0.319 e. The van der Waals surface area contributed by atoms with Crippen molar-refractivity contribution in [1.29, 1.82) is 0 Å². The van der Waals surface area contributed by atoms with Crippen molar-refractivity contribution in [3.63, 3.8) is 0 Å². The normalized spacial score (nSPS) is 17.3. The summed E-state index contributed by atoms with van der Waals surface area (Å²) in [5.74, 6) is -1.40. The van der Waals surface area contributed by atoms with E-state index in [1.165, 1.54) is 23.1 Å². The van der Waals surface area contributed by atoms with E-state index in [4.69, 9.17) is 22.2 Å². The quantitative estimate of drug-likeness (QED) is 0.587. The van der Waals surface area contributed by atoms with Crippen molar-refractivity contribution in [2.75, 3.05) is 17.3 Å². The summed E-state index contributed by atoms with van der Waals surface area (Å²) >= 11 is 5.93. The number of fused-ring (bicyclic) bond motifs is 1. The van der Waals surface area contributed by atoms with Crippen LogP contribution in [0.4, 0.5) is 5.69 Å². The Morgan fingerprint density at radius 3 is 2.53 bits per heavy atom. The molecule has 0 aliphatic carbocycles. The summed E-state index contributed by atoms with van der Waals surface area (Å²) in [5, 5.41) is 0.533. The number of carbonyl (C=O) groups is 2. The minimum atomic E-state index is -3.83. The number of amides is 2. The molecule has 3 N–H and O–H groups in total. The van der Waals surface area contributed by atoms with E-state index in [2.05, 4.69) is 5.48 Å². The zero-order valence-corrected chi connectivity index (χ0v) is 20.0. The molecular weight excluding hydrogens is 477 g/mol. The second-order valence-corrected chi connectivity index (χ2v) is 10.2. The molecule has 1 aliphatic heterocycles. The number of hydrogen-bond acceptors (Lipinski definition) is 6. The molecule has 1 heterocycles. The van der Waals surface area contributed by atoms with E-state index in [0.717, 1.165) is 5.56 Å². The van der Waals surface area contributed by atoms with Crippen molar-refractivity contribution in [2.24, 2.45) is 11.7 Å². The number of hydrogen-bond donors (Lipinski definition) is 2. The van der Waals surface area contributed by atoms with Crippen molar-refractivity contribution >= 4 is 51.3 Å². The van der Waals surface area contributed by atoms with Gasteiger partial charge in [-0.1, -0.05) is 37.6 Å². The van der Waals surface area contributed by atoms with Gasteiger partial charge in [0.1, 0.15) is 0 Å². The Kier molecular flexibility index (Phi) is 8.67. The largest absolute Gasteiger partial charge is 0.319 e. The first kappa shape index (κ1) is 26.1. The lowest BCUT2D eigenvalue weighted by Gasteiger charge is -2.24. The highest BCUT2D eigenvalue weighted by molar-refractivity contribution is 7.91. The first-order valence-corrected chi connectivity index (χ1v) is 11.7. The Morgan fingerprint density at radius 2 is 1.91 bits per heavy atom. The third-order valence-corrected chi connectivity index (χ3v) is 6.73. The van der Waals surface area contributed by atoms with Gasteiger partial charge >= 0.3 is 0 Å². The predicted octanol–water partition coefficient (Wildman–Crippen LogP) is 2.73. The van der Waals surface area contributed by atoms with E-state index in [1.54, 1.807) is 24.3 Å². The monoisotopic (exact) mass is 501 g/mol. The van der Waals surface area contributed by atoms with Gasteiger partial charge in [0.25, 0.3) is 5.91 Å². The zero-order valence-electron chi connectivity index (χ0n) is 17.6. The number of benzene rings is 2. The van der Waals surface area contributed by atoms with Gasteiger partial charge in [0.2, 0.25) is 5.91 Å². The van der Waals surface area contributed by atoms with Crippen molar-refractivity contribution in [2.45, 2.75) is 31.3 Å². The molecule has 1 aliphatic rings. The Bertz CT molecular complexity index is 1090. The van der Waals surface area contributed by atoms with Crippen LogP contribution < -0.4 is 16.1 Å². The fraction of sp³-hybridized carbons (Fsp3) is 0.333. The second-order valence-electron chi connectivity index (χ2n) is 7.76. The number of carbonyl (C=O) groups excluding carboxylic acids is 2. The average molecular weight is 502 g/mol. The van der Waals surface area contributed by atoms with E-state index in [9.17, 15) is 18.0 Å². The number of rotatable bonds is 6. The maximum atomic E-state index is 13.0. The molecule has 11 heteroatoms. The van der Waals surface area contributed by atoms with Crippen LogP contribution in [0.2, 0.25) is 5.02 Å². The van der Waals surface area contributed by atoms with E-state index in [-0.39, 0.29) is 41.0 Å². The summed E-state index contributed by atoms with van der Waals surface area (Å²) in [6, 6.07) is 9.66. The molecule has 0 fully saturated rings. The molecule has 0 radical (unpaired) electrons. The smallest absolute Gasteiger partial charge is 0.274 e. The SMILES string of the molecule is CC(C)CONC(=O)c1ccc2c(c1)N(Cc1ccc(Cl)cc1)C(=O)[C@@H](N)CS2(=O)=O.Cl. The van der Waals surface area contributed by atoms with Gasteiger partial charge in [0, 0.05) is 10.6 Å². The Balaban J connectivity index is 0.00000363. The van der Waals surface area contributed by atoms with Crippen LogP contribution >= 0.6 is 24.0 Å². The molecule has 32 heavy (non-hydrogen) atoms.